The third-order valence-electron chi connectivity index (χ3n) is 3.91. The number of carbonyl (C=O) groups excluding carboxylic acids is 1. The Hall–Kier alpha value is -2.34. The molecule has 26 heavy (non-hydrogen) atoms. The van der Waals surface area contributed by atoms with Crippen LogP contribution in [-0.2, 0) is 16.9 Å². The van der Waals surface area contributed by atoms with Gasteiger partial charge in [0.25, 0.3) is 5.91 Å². The molecule has 0 saturated carbocycles. The van der Waals surface area contributed by atoms with Crippen LogP contribution in [0.15, 0.2) is 36.5 Å². The van der Waals surface area contributed by atoms with E-state index in [4.69, 9.17) is 9.47 Å². The van der Waals surface area contributed by atoms with Gasteiger partial charge in [-0.15, -0.1) is 0 Å². The number of carbonyl (C=O) groups is 1. The second-order valence-electron chi connectivity index (χ2n) is 7.09. The normalized spacial score (nSPS) is 11.4. The first-order chi connectivity index (χ1) is 12.4. The molecular formula is C20H29N3O3. The van der Waals surface area contributed by atoms with Crippen LogP contribution >= 0.6 is 0 Å². The van der Waals surface area contributed by atoms with Gasteiger partial charge in [-0.2, -0.15) is 5.10 Å². The highest BCUT2D eigenvalue weighted by molar-refractivity contribution is 5.92. The number of ether oxygens (including phenoxy) is 2. The summed E-state index contributed by atoms with van der Waals surface area (Å²) < 4.78 is 12.6. The number of benzene rings is 1. The zero-order valence-electron chi connectivity index (χ0n) is 16.1. The fourth-order valence-corrected chi connectivity index (χ4v) is 2.36. The number of nitrogens with zero attached hydrogens (tertiary/aromatic N) is 2. The zero-order valence-corrected chi connectivity index (χ0v) is 16.1. The summed E-state index contributed by atoms with van der Waals surface area (Å²) in [6, 6.07) is 9.73. The molecule has 6 heteroatoms. The van der Waals surface area contributed by atoms with Crippen molar-refractivity contribution in [3.63, 3.8) is 0 Å². The van der Waals surface area contributed by atoms with Gasteiger partial charge in [-0.25, -0.2) is 4.68 Å². The Labute approximate surface area is 155 Å². The summed E-state index contributed by atoms with van der Waals surface area (Å²) in [6.07, 6.45) is 2.52. The quantitative estimate of drug-likeness (QED) is 0.697. The summed E-state index contributed by atoms with van der Waals surface area (Å²) in [4.78, 5) is 12.0. The molecule has 0 aliphatic heterocycles. The molecule has 2 rings (SSSR count). The van der Waals surface area contributed by atoms with Gasteiger partial charge in [0.2, 0.25) is 0 Å². The lowest BCUT2D eigenvalue weighted by Gasteiger charge is -2.19. The highest BCUT2D eigenvalue weighted by atomic mass is 16.5. The molecule has 6 nitrogen and oxygen atoms in total. The van der Waals surface area contributed by atoms with Crippen LogP contribution < -0.4 is 10.1 Å². The summed E-state index contributed by atoms with van der Waals surface area (Å²) in [5, 5.41) is 7.08. The van der Waals surface area contributed by atoms with Gasteiger partial charge < -0.3 is 14.8 Å². The van der Waals surface area contributed by atoms with Crippen molar-refractivity contribution in [1.82, 2.24) is 15.1 Å². The zero-order chi connectivity index (χ0) is 19.0. The van der Waals surface area contributed by atoms with Crippen molar-refractivity contribution in [3.8, 4) is 5.75 Å². The molecule has 142 valence electrons. The minimum absolute atomic E-state index is 0.117. The molecule has 0 radical (unpaired) electrons. The van der Waals surface area contributed by atoms with Gasteiger partial charge in [0.15, 0.2) is 6.73 Å². The summed E-state index contributed by atoms with van der Waals surface area (Å²) in [7, 11) is 0. The SMILES string of the molecule is CCOCCCNC(=O)c1ccn(COc2ccc(C(C)(C)C)cc2)n1. The average molecular weight is 359 g/mol. The predicted octanol–water partition coefficient (Wildman–Crippen LogP) is 3.37. The van der Waals surface area contributed by atoms with Crippen molar-refractivity contribution in [2.75, 3.05) is 19.8 Å². The molecule has 0 saturated heterocycles. The van der Waals surface area contributed by atoms with E-state index in [-0.39, 0.29) is 18.1 Å². The number of amides is 1. The fraction of sp³-hybridized carbons (Fsp3) is 0.500. The first kappa shape index (κ1) is 20.0. The van der Waals surface area contributed by atoms with Crippen LogP contribution in [0.25, 0.3) is 0 Å². The molecule has 0 atom stereocenters. The van der Waals surface area contributed by atoms with Crippen LogP contribution in [0.3, 0.4) is 0 Å². The lowest BCUT2D eigenvalue weighted by Crippen LogP contribution is -2.26. The second kappa shape index (κ2) is 9.38. The van der Waals surface area contributed by atoms with Gasteiger partial charge in [0, 0.05) is 26.0 Å². The van der Waals surface area contributed by atoms with Gasteiger partial charge in [-0.05, 0) is 42.5 Å². The maximum Gasteiger partial charge on any atom is 0.271 e. The molecule has 1 aromatic heterocycles. The van der Waals surface area contributed by atoms with Crippen LogP contribution in [0.5, 0.6) is 5.75 Å². The predicted molar refractivity (Wildman–Crippen MR) is 101 cm³/mol. The van der Waals surface area contributed by atoms with Crippen molar-refractivity contribution in [2.45, 2.75) is 46.3 Å². The summed E-state index contributed by atoms with van der Waals surface area (Å²) >= 11 is 0. The standard InChI is InChI=1S/C20H29N3O3/c1-5-25-14-6-12-21-19(24)18-11-13-23(22-18)15-26-17-9-7-16(8-10-17)20(2,3)4/h7-11,13H,5-6,12,14-15H2,1-4H3,(H,21,24). The van der Waals surface area contributed by atoms with Crippen LogP contribution in [0.2, 0.25) is 0 Å². The molecule has 0 spiro atoms. The molecule has 0 unspecified atom stereocenters. The van der Waals surface area contributed by atoms with Crippen LogP contribution in [0.4, 0.5) is 0 Å². The Kier molecular flexibility index (Phi) is 7.21. The van der Waals surface area contributed by atoms with E-state index in [0.717, 1.165) is 12.2 Å². The minimum Gasteiger partial charge on any atom is -0.471 e. The molecule has 1 N–H and O–H groups in total. The Morgan fingerprint density at radius 2 is 1.92 bits per heavy atom. The van der Waals surface area contributed by atoms with Gasteiger partial charge in [0.05, 0.1) is 0 Å². The van der Waals surface area contributed by atoms with Gasteiger partial charge in [-0.1, -0.05) is 32.9 Å². The minimum atomic E-state index is -0.185. The maximum absolute atomic E-state index is 12.0. The lowest BCUT2D eigenvalue weighted by molar-refractivity contribution is 0.0937. The van der Waals surface area contributed by atoms with E-state index < -0.39 is 0 Å². The van der Waals surface area contributed by atoms with E-state index in [1.54, 1.807) is 16.9 Å². The third-order valence-corrected chi connectivity index (χ3v) is 3.91. The number of nitrogens with one attached hydrogen (secondary N) is 1. The molecule has 1 heterocycles. The third kappa shape index (κ3) is 6.19. The molecule has 0 aliphatic carbocycles. The first-order valence-corrected chi connectivity index (χ1v) is 9.03. The summed E-state index contributed by atoms with van der Waals surface area (Å²) in [6.45, 7) is 10.6. The van der Waals surface area contributed by atoms with E-state index in [1.807, 2.05) is 19.1 Å². The van der Waals surface area contributed by atoms with Crippen molar-refractivity contribution < 1.29 is 14.3 Å². The average Bonchev–Trinajstić information content (AvgIpc) is 3.08. The summed E-state index contributed by atoms with van der Waals surface area (Å²) in [5.74, 6) is 0.588. The highest BCUT2D eigenvalue weighted by Crippen LogP contribution is 2.24. The van der Waals surface area contributed by atoms with E-state index in [0.29, 0.717) is 25.5 Å². The van der Waals surface area contributed by atoms with Crippen LogP contribution in [0, 0.1) is 0 Å². The maximum atomic E-state index is 12.0. The second-order valence-corrected chi connectivity index (χ2v) is 7.09. The molecule has 2 aromatic rings. The lowest BCUT2D eigenvalue weighted by atomic mass is 9.87. The Morgan fingerprint density at radius 1 is 1.19 bits per heavy atom. The van der Waals surface area contributed by atoms with E-state index in [9.17, 15) is 4.79 Å². The van der Waals surface area contributed by atoms with E-state index >= 15 is 0 Å². The smallest absolute Gasteiger partial charge is 0.271 e. The Balaban J connectivity index is 1.80. The molecule has 0 fully saturated rings. The topological polar surface area (TPSA) is 65.4 Å². The van der Waals surface area contributed by atoms with E-state index in [2.05, 4.69) is 43.3 Å². The molecular weight excluding hydrogens is 330 g/mol. The van der Waals surface area contributed by atoms with Crippen LogP contribution in [0.1, 0.15) is 50.2 Å². The van der Waals surface area contributed by atoms with Crippen LogP contribution in [-0.4, -0.2) is 35.4 Å². The highest BCUT2D eigenvalue weighted by Gasteiger charge is 2.13. The Bertz CT molecular complexity index is 687. The van der Waals surface area contributed by atoms with Crippen molar-refractivity contribution in [3.05, 3.63) is 47.8 Å². The number of rotatable bonds is 9. The largest absolute Gasteiger partial charge is 0.471 e. The molecule has 1 amide bonds. The monoisotopic (exact) mass is 359 g/mol. The molecule has 0 aliphatic rings. The van der Waals surface area contributed by atoms with Gasteiger partial charge >= 0.3 is 0 Å². The molecule has 0 bridgehead atoms. The summed E-state index contributed by atoms with van der Waals surface area (Å²) in [5.41, 5.74) is 1.76. The fourth-order valence-electron chi connectivity index (χ4n) is 2.36. The number of hydrogen-bond donors (Lipinski definition) is 1. The van der Waals surface area contributed by atoms with Gasteiger partial charge in [-0.3, -0.25) is 4.79 Å². The van der Waals surface area contributed by atoms with Crippen molar-refractivity contribution >= 4 is 5.91 Å². The van der Waals surface area contributed by atoms with E-state index in [1.165, 1.54) is 5.56 Å². The number of aromatic nitrogens is 2. The van der Waals surface area contributed by atoms with Crippen molar-refractivity contribution in [1.29, 1.82) is 0 Å². The van der Waals surface area contributed by atoms with Gasteiger partial charge in [0.1, 0.15) is 11.4 Å². The van der Waals surface area contributed by atoms with Crippen molar-refractivity contribution in [2.24, 2.45) is 0 Å². The Morgan fingerprint density at radius 3 is 2.58 bits per heavy atom. The molecule has 1 aromatic carbocycles. The first-order valence-electron chi connectivity index (χ1n) is 9.03. The number of hydrogen-bond acceptors (Lipinski definition) is 4.